The summed E-state index contributed by atoms with van der Waals surface area (Å²) in [5.41, 5.74) is 0. The Balaban J connectivity index is 2.29. The molecule has 0 heterocycles. The van der Waals surface area contributed by atoms with Gasteiger partial charge < -0.3 is 9.47 Å². The van der Waals surface area contributed by atoms with E-state index >= 15 is 0 Å². The third-order valence-corrected chi connectivity index (χ3v) is 2.38. The van der Waals surface area contributed by atoms with Crippen LogP contribution in [0.3, 0.4) is 0 Å². The van der Waals surface area contributed by atoms with E-state index in [2.05, 4.69) is 13.8 Å². The average molecular weight is 263 g/mol. The standard InChI is InChI=1S/C12H16Cl2O2/c1-9(2)8-15-5-6-16-12-7-10(13)3-4-11(12)14/h3-4,7,9H,5-6,8H2,1-2H3. The summed E-state index contributed by atoms with van der Waals surface area (Å²) in [6, 6.07) is 5.15. The highest BCUT2D eigenvalue weighted by molar-refractivity contribution is 6.34. The lowest BCUT2D eigenvalue weighted by Gasteiger charge is -2.09. The second kappa shape index (κ2) is 7.00. The van der Waals surface area contributed by atoms with Crippen LogP contribution in [-0.2, 0) is 4.74 Å². The molecule has 0 aliphatic rings. The van der Waals surface area contributed by atoms with Crippen molar-refractivity contribution in [2.75, 3.05) is 19.8 Å². The van der Waals surface area contributed by atoms with E-state index in [1.54, 1.807) is 18.2 Å². The first kappa shape index (κ1) is 13.6. The minimum Gasteiger partial charge on any atom is -0.490 e. The van der Waals surface area contributed by atoms with Crippen molar-refractivity contribution in [2.24, 2.45) is 5.92 Å². The molecule has 1 aromatic rings. The Morgan fingerprint density at radius 3 is 2.62 bits per heavy atom. The molecule has 0 atom stereocenters. The van der Waals surface area contributed by atoms with E-state index in [1.165, 1.54) is 0 Å². The molecule has 4 heteroatoms. The van der Waals surface area contributed by atoms with Crippen molar-refractivity contribution >= 4 is 23.2 Å². The van der Waals surface area contributed by atoms with Gasteiger partial charge >= 0.3 is 0 Å². The number of ether oxygens (including phenoxy) is 2. The normalized spacial score (nSPS) is 10.8. The number of rotatable bonds is 6. The fourth-order valence-corrected chi connectivity index (χ4v) is 1.45. The number of benzene rings is 1. The molecule has 0 bridgehead atoms. The third kappa shape index (κ3) is 5.06. The van der Waals surface area contributed by atoms with Crippen LogP contribution in [0.2, 0.25) is 10.0 Å². The number of hydrogen-bond acceptors (Lipinski definition) is 2. The molecule has 0 aliphatic carbocycles. The average Bonchev–Trinajstić information content (AvgIpc) is 2.22. The first-order chi connectivity index (χ1) is 7.59. The zero-order chi connectivity index (χ0) is 12.0. The second-order valence-electron chi connectivity index (χ2n) is 3.89. The van der Waals surface area contributed by atoms with Crippen molar-refractivity contribution in [2.45, 2.75) is 13.8 Å². The summed E-state index contributed by atoms with van der Waals surface area (Å²) in [5.74, 6) is 1.14. The summed E-state index contributed by atoms with van der Waals surface area (Å²) < 4.78 is 10.8. The van der Waals surface area contributed by atoms with Crippen molar-refractivity contribution < 1.29 is 9.47 Å². The molecule has 0 N–H and O–H groups in total. The highest BCUT2D eigenvalue weighted by Crippen LogP contribution is 2.27. The summed E-state index contributed by atoms with van der Waals surface area (Å²) in [7, 11) is 0. The molecule has 0 amide bonds. The van der Waals surface area contributed by atoms with Crippen LogP contribution in [0, 0.1) is 5.92 Å². The Labute approximate surface area is 106 Å². The topological polar surface area (TPSA) is 18.5 Å². The molecule has 0 fully saturated rings. The van der Waals surface area contributed by atoms with E-state index in [1.807, 2.05) is 0 Å². The van der Waals surface area contributed by atoms with Crippen LogP contribution in [0.25, 0.3) is 0 Å². The lowest BCUT2D eigenvalue weighted by atomic mass is 10.2. The predicted octanol–water partition coefficient (Wildman–Crippen LogP) is 4.04. The number of halogens is 2. The molecule has 90 valence electrons. The zero-order valence-electron chi connectivity index (χ0n) is 9.50. The van der Waals surface area contributed by atoms with Crippen molar-refractivity contribution in [1.82, 2.24) is 0 Å². The third-order valence-electron chi connectivity index (χ3n) is 1.83. The lowest BCUT2D eigenvalue weighted by molar-refractivity contribution is 0.0819. The monoisotopic (exact) mass is 262 g/mol. The minimum absolute atomic E-state index is 0.479. The summed E-state index contributed by atoms with van der Waals surface area (Å²) in [4.78, 5) is 0. The van der Waals surface area contributed by atoms with Gasteiger partial charge in [-0.1, -0.05) is 37.0 Å². The lowest BCUT2D eigenvalue weighted by Crippen LogP contribution is -2.10. The van der Waals surface area contributed by atoms with E-state index < -0.39 is 0 Å². The zero-order valence-corrected chi connectivity index (χ0v) is 11.0. The van der Waals surface area contributed by atoms with E-state index in [0.29, 0.717) is 34.9 Å². The summed E-state index contributed by atoms with van der Waals surface area (Å²) in [6.45, 7) is 5.99. The Morgan fingerprint density at radius 2 is 1.94 bits per heavy atom. The highest BCUT2D eigenvalue weighted by atomic mass is 35.5. The van der Waals surface area contributed by atoms with Crippen molar-refractivity contribution in [3.8, 4) is 5.75 Å². The van der Waals surface area contributed by atoms with Gasteiger partial charge in [-0.25, -0.2) is 0 Å². The van der Waals surface area contributed by atoms with Crippen LogP contribution >= 0.6 is 23.2 Å². The molecule has 0 radical (unpaired) electrons. The van der Waals surface area contributed by atoms with E-state index in [9.17, 15) is 0 Å². The molecule has 2 nitrogen and oxygen atoms in total. The fourth-order valence-electron chi connectivity index (χ4n) is 1.12. The predicted molar refractivity (Wildman–Crippen MR) is 67.6 cm³/mol. The van der Waals surface area contributed by atoms with Crippen LogP contribution in [0.4, 0.5) is 0 Å². The van der Waals surface area contributed by atoms with Crippen molar-refractivity contribution in [3.63, 3.8) is 0 Å². The Hall–Kier alpha value is -0.440. The van der Waals surface area contributed by atoms with Gasteiger partial charge in [0.1, 0.15) is 12.4 Å². The minimum atomic E-state index is 0.479. The van der Waals surface area contributed by atoms with Gasteiger partial charge in [0.15, 0.2) is 0 Å². The summed E-state index contributed by atoms with van der Waals surface area (Å²) >= 11 is 11.8. The maximum atomic E-state index is 5.94. The first-order valence-electron chi connectivity index (χ1n) is 5.25. The summed E-state index contributed by atoms with van der Waals surface area (Å²) in [5, 5.41) is 1.18. The SMILES string of the molecule is CC(C)COCCOc1cc(Cl)ccc1Cl. The smallest absolute Gasteiger partial charge is 0.139 e. The fraction of sp³-hybridized carbons (Fsp3) is 0.500. The molecule has 1 rings (SSSR count). The van der Waals surface area contributed by atoms with Crippen molar-refractivity contribution in [3.05, 3.63) is 28.2 Å². The Morgan fingerprint density at radius 1 is 1.19 bits per heavy atom. The molecule has 0 aliphatic heterocycles. The van der Waals surface area contributed by atoms with Crippen LogP contribution in [-0.4, -0.2) is 19.8 Å². The van der Waals surface area contributed by atoms with Crippen LogP contribution in [0.5, 0.6) is 5.75 Å². The molecular weight excluding hydrogens is 247 g/mol. The molecule has 0 saturated carbocycles. The van der Waals surface area contributed by atoms with Gasteiger partial charge in [0.05, 0.1) is 11.6 Å². The van der Waals surface area contributed by atoms with Gasteiger partial charge in [0.2, 0.25) is 0 Å². The largest absolute Gasteiger partial charge is 0.490 e. The highest BCUT2D eigenvalue weighted by Gasteiger charge is 2.02. The van der Waals surface area contributed by atoms with Crippen molar-refractivity contribution in [1.29, 1.82) is 0 Å². The summed E-state index contributed by atoms with van der Waals surface area (Å²) in [6.07, 6.45) is 0. The number of hydrogen-bond donors (Lipinski definition) is 0. The van der Waals surface area contributed by atoms with Gasteiger partial charge in [0.25, 0.3) is 0 Å². The Kier molecular flexibility index (Phi) is 5.96. The molecule has 0 saturated heterocycles. The van der Waals surface area contributed by atoms with Crippen LogP contribution < -0.4 is 4.74 Å². The second-order valence-corrected chi connectivity index (χ2v) is 4.74. The molecule has 0 aromatic heterocycles. The molecule has 16 heavy (non-hydrogen) atoms. The van der Waals surface area contributed by atoms with Gasteiger partial charge in [-0.15, -0.1) is 0 Å². The van der Waals surface area contributed by atoms with Crippen LogP contribution in [0.1, 0.15) is 13.8 Å². The molecular formula is C12H16Cl2O2. The first-order valence-corrected chi connectivity index (χ1v) is 6.01. The molecule has 0 unspecified atom stereocenters. The quantitative estimate of drug-likeness (QED) is 0.721. The van der Waals surface area contributed by atoms with Crippen LogP contribution in [0.15, 0.2) is 18.2 Å². The maximum absolute atomic E-state index is 5.94. The van der Waals surface area contributed by atoms with E-state index in [0.717, 1.165) is 6.61 Å². The Bertz CT molecular complexity index is 327. The van der Waals surface area contributed by atoms with Gasteiger partial charge in [-0.2, -0.15) is 0 Å². The van der Waals surface area contributed by atoms with E-state index in [4.69, 9.17) is 32.7 Å². The van der Waals surface area contributed by atoms with Gasteiger partial charge in [0, 0.05) is 17.7 Å². The molecule has 0 spiro atoms. The maximum Gasteiger partial charge on any atom is 0.139 e. The molecule has 1 aromatic carbocycles. The van der Waals surface area contributed by atoms with Gasteiger partial charge in [-0.3, -0.25) is 0 Å². The van der Waals surface area contributed by atoms with E-state index in [-0.39, 0.29) is 0 Å². The van der Waals surface area contributed by atoms with Gasteiger partial charge in [-0.05, 0) is 18.1 Å².